The maximum Gasteiger partial charge on any atom is 0.387 e. The average molecular weight is 427 g/mol. The van der Waals surface area contributed by atoms with Gasteiger partial charge in [0.2, 0.25) is 6.79 Å². The number of nitrogens with zero attached hydrogens (tertiary/aromatic N) is 2. The fourth-order valence-electron chi connectivity index (χ4n) is 3.95. The van der Waals surface area contributed by atoms with Crippen LogP contribution in [-0.4, -0.2) is 57.5 Å². The van der Waals surface area contributed by atoms with Crippen LogP contribution in [0.3, 0.4) is 0 Å². The van der Waals surface area contributed by atoms with Gasteiger partial charge < -0.3 is 29.7 Å². The van der Waals surface area contributed by atoms with Gasteiger partial charge >= 0.3 is 6.61 Å². The quantitative estimate of drug-likeness (QED) is 0.492. The first kappa shape index (κ1) is 22.4. The van der Waals surface area contributed by atoms with Crippen LogP contribution in [0.4, 0.5) is 8.78 Å². The molecular weight excluding hydrogens is 394 g/mol. The van der Waals surface area contributed by atoms with Gasteiger partial charge in [0.15, 0.2) is 17.5 Å². The summed E-state index contributed by atoms with van der Waals surface area (Å²) >= 11 is 0. The highest BCUT2D eigenvalue weighted by atomic mass is 19.3. The second kappa shape index (κ2) is 10.7. The van der Waals surface area contributed by atoms with E-state index in [1.165, 1.54) is 25.5 Å². The number of likely N-dealkylation sites (tertiary alicyclic amines) is 1. The number of fused-ring (bicyclic) bond motifs is 1. The normalized spacial score (nSPS) is 19.4. The van der Waals surface area contributed by atoms with Gasteiger partial charge in [-0.15, -0.1) is 0 Å². The Hall–Kier alpha value is -2.29. The lowest BCUT2D eigenvalue weighted by Gasteiger charge is -2.34. The number of hydrogen-bond donors (Lipinski definition) is 2. The lowest BCUT2D eigenvalue weighted by Crippen LogP contribution is -2.45. The van der Waals surface area contributed by atoms with Gasteiger partial charge in [-0.1, -0.05) is 13.8 Å². The number of rotatable bonds is 8. The predicted molar refractivity (Wildman–Crippen MR) is 111 cm³/mol. The van der Waals surface area contributed by atoms with Gasteiger partial charge in [0.25, 0.3) is 0 Å². The van der Waals surface area contributed by atoms with E-state index in [0.717, 1.165) is 19.6 Å². The van der Waals surface area contributed by atoms with Crippen molar-refractivity contribution in [2.24, 2.45) is 16.8 Å². The van der Waals surface area contributed by atoms with Crippen LogP contribution in [0.2, 0.25) is 0 Å². The Balaban J connectivity index is 1.54. The molecule has 2 aliphatic heterocycles. The monoisotopic (exact) mass is 426 g/mol. The van der Waals surface area contributed by atoms with Crippen LogP contribution in [0.1, 0.15) is 32.3 Å². The Morgan fingerprint density at radius 2 is 2.03 bits per heavy atom. The number of alkyl halides is 2. The lowest BCUT2D eigenvalue weighted by atomic mass is 9.97. The predicted octanol–water partition coefficient (Wildman–Crippen LogP) is 3.05. The van der Waals surface area contributed by atoms with E-state index in [2.05, 4.69) is 39.1 Å². The first-order valence-corrected chi connectivity index (χ1v) is 10.5. The van der Waals surface area contributed by atoms with Crippen molar-refractivity contribution in [1.29, 1.82) is 0 Å². The molecule has 0 radical (unpaired) electrons. The number of nitrogens with one attached hydrogen (secondary N) is 2. The molecule has 0 saturated carbocycles. The Morgan fingerprint density at radius 1 is 1.27 bits per heavy atom. The van der Waals surface area contributed by atoms with Crippen molar-refractivity contribution in [1.82, 2.24) is 15.5 Å². The topological polar surface area (TPSA) is 67.4 Å². The molecule has 1 atom stereocenters. The molecule has 7 nitrogen and oxygen atoms in total. The van der Waals surface area contributed by atoms with Crippen LogP contribution in [0.5, 0.6) is 17.2 Å². The second-order valence-electron chi connectivity index (χ2n) is 8.16. The molecule has 2 heterocycles. The highest BCUT2D eigenvalue weighted by molar-refractivity contribution is 5.79. The zero-order valence-corrected chi connectivity index (χ0v) is 17.9. The molecule has 9 heteroatoms. The molecule has 0 spiro atoms. The van der Waals surface area contributed by atoms with Crippen molar-refractivity contribution in [2.45, 2.75) is 39.8 Å². The molecule has 2 aliphatic rings. The third kappa shape index (κ3) is 6.35. The fraction of sp³-hybridized carbons (Fsp3) is 0.667. The van der Waals surface area contributed by atoms with Crippen LogP contribution in [0, 0.1) is 11.8 Å². The minimum Gasteiger partial charge on any atom is -0.454 e. The molecule has 0 aliphatic carbocycles. The zero-order chi connectivity index (χ0) is 21.5. The number of piperidine rings is 1. The Bertz CT molecular complexity index is 730. The summed E-state index contributed by atoms with van der Waals surface area (Å²) in [5, 5.41) is 6.54. The third-order valence-corrected chi connectivity index (χ3v) is 5.23. The molecule has 1 unspecified atom stereocenters. The Morgan fingerprint density at radius 3 is 2.73 bits per heavy atom. The van der Waals surface area contributed by atoms with E-state index in [9.17, 15) is 8.78 Å². The first-order chi connectivity index (χ1) is 14.4. The summed E-state index contributed by atoms with van der Waals surface area (Å²) in [6.07, 6.45) is 2.39. The van der Waals surface area contributed by atoms with Gasteiger partial charge in [0.1, 0.15) is 5.75 Å². The molecule has 168 valence electrons. The van der Waals surface area contributed by atoms with E-state index < -0.39 is 6.61 Å². The van der Waals surface area contributed by atoms with E-state index in [4.69, 9.17) is 9.47 Å². The van der Waals surface area contributed by atoms with Crippen LogP contribution >= 0.6 is 0 Å². The molecule has 30 heavy (non-hydrogen) atoms. The smallest absolute Gasteiger partial charge is 0.387 e. The summed E-state index contributed by atoms with van der Waals surface area (Å²) in [5.74, 6) is 2.83. The molecule has 1 saturated heterocycles. The zero-order valence-electron chi connectivity index (χ0n) is 17.9. The Labute approximate surface area is 176 Å². The molecule has 0 amide bonds. The van der Waals surface area contributed by atoms with Crippen molar-refractivity contribution in [2.75, 3.05) is 40.0 Å². The molecule has 1 aromatic rings. The minimum atomic E-state index is -2.92. The average Bonchev–Trinajstić information content (AvgIpc) is 3.14. The van der Waals surface area contributed by atoms with Crippen LogP contribution in [0.15, 0.2) is 17.1 Å². The SMILES string of the molecule is CN=C(NCc1cc2c(cc1OC(F)F)OCO2)NCC1CCCN(CC(C)C)C1. The number of benzene rings is 1. The maximum absolute atomic E-state index is 12.8. The molecule has 3 rings (SSSR count). The highest BCUT2D eigenvalue weighted by Gasteiger charge is 2.22. The molecular formula is C21H32F2N4O3. The largest absolute Gasteiger partial charge is 0.454 e. The van der Waals surface area contributed by atoms with E-state index in [1.54, 1.807) is 13.1 Å². The van der Waals surface area contributed by atoms with Gasteiger partial charge in [-0.25, -0.2) is 0 Å². The lowest BCUT2D eigenvalue weighted by molar-refractivity contribution is -0.0505. The Kier molecular flexibility index (Phi) is 7.95. The molecule has 1 aromatic carbocycles. The maximum atomic E-state index is 12.8. The van der Waals surface area contributed by atoms with Gasteiger partial charge in [-0.2, -0.15) is 8.78 Å². The van der Waals surface area contributed by atoms with E-state index >= 15 is 0 Å². The van der Waals surface area contributed by atoms with Crippen molar-refractivity contribution in [3.8, 4) is 17.2 Å². The number of ether oxygens (including phenoxy) is 3. The molecule has 2 N–H and O–H groups in total. The van der Waals surface area contributed by atoms with Crippen molar-refractivity contribution in [3.63, 3.8) is 0 Å². The highest BCUT2D eigenvalue weighted by Crippen LogP contribution is 2.38. The van der Waals surface area contributed by atoms with E-state index in [1.807, 2.05) is 0 Å². The van der Waals surface area contributed by atoms with E-state index in [0.29, 0.717) is 34.9 Å². The van der Waals surface area contributed by atoms with Gasteiger partial charge in [0.05, 0.1) is 0 Å². The molecule has 1 fully saturated rings. The van der Waals surface area contributed by atoms with Crippen LogP contribution in [-0.2, 0) is 6.54 Å². The number of hydrogen-bond acceptors (Lipinski definition) is 5. The van der Waals surface area contributed by atoms with E-state index in [-0.39, 0.29) is 19.1 Å². The van der Waals surface area contributed by atoms with Gasteiger partial charge in [-0.3, -0.25) is 4.99 Å². The summed E-state index contributed by atoms with van der Waals surface area (Å²) in [6.45, 7) is 6.10. The standard InChI is InChI=1S/C21H32F2N4O3/c1-14(2)11-27-6-4-5-15(12-27)9-25-21(24-3)26-10-16-7-18-19(29-13-28-18)8-17(16)30-20(22)23/h7-8,14-15,20H,4-6,9-13H2,1-3H3,(H2,24,25,26). The van der Waals surface area contributed by atoms with Crippen molar-refractivity contribution < 1.29 is 23.0 Å². The third-order valence-electron chi connectivity index (χ3n) is 5.23. The molecule has 0 bridgehead atoms. The van der Waals surface area contributed by atoms with Gasteiger partial charge in [-0.05, 0) is 37.3 Å². The fourth-order valence-corrected chi connectivity index (χ4v) is 3.95. The summed E-state index contributed by atoms with van der Waals surface area (Å²) in [7, 11) is 1.69. The van der Waals surface area contributed by atoms with Crippen LogP contribution < -0.4 is 24.8 Å². The van der Waals surface area contributed by atoms with Gasteiger partial charge in [0, 0.05) is 44.9 Å². The van der Waals surface area contributed by atoms with Crippen molar-refractivity contribution >= 4 is 5.96 Å². The number of guanidine groups is 1. The second-order valence-corrected chi connectivity index (χ2v) is 8.16. The number of halogens is 2. The van der Waals surface area contributed by atoms with Crippen molar-refractivity contribution in [3.05, 3.63) is 17.7 Å². The first-order valence-electron chi connectivity index (χ1n) is 10.5. The summed E-state index contributed by atoms with van der Waals surface area (Å²) < 4.78 is 40.9. The molecule has 0 aromatic heterocycles. The summed E-state index contributed by atoms with van der Waals surface area (Å²) in [6, 6.07) is 3.10. The number of aliphatic imine (C=N–C) groups is 1. The summed E-state index contributed by atoms with van der Waals surface area (Å²) in [5.41, 5.74) is 0.545. The summed E-state index contributed by atoms with van der Waals surface area (Å²) in [4.78, 5) is 6.78. The van der Waals surface area contributed by atoms with Crippen LogP contribution in [0.25, 0.3) is 0 Å². The minimum absolute atomic E-state index is 0.0637.